The molecule has 21 heavy (non-hydrogen) atoms. The van der Waals surface area contributed by atoms with E-state index in [2.05, 4.69) is 54.3 Å². The van der Waals surface area contributed by atoms with E-state index < -0.39 is 6.35 Å². The normalized spacial score (nSPS) is 22.4. The lowest BCUT2D eigenvalue weighted by molar-refractivity contribution is -0.0166. The van der Waals surface area contributed by atoms with Gasteiger partial charge in [0.25, 0.3) is 0 Å². The first-order valence-corrected chi connectivity index (χ1v) is 9.03. The summed E-state index contributed by atoms with van der Waals surface area (Å²) in [5.41, 5.74) is 7.88. The molecule has 0 saturated heterocycles. The zero-order chi connectivity index (χ0) is 15.8. The molecule has 0 heterocycles. The van der Waals surface area contributed by atoms with E-state index in [0.29, 0.717) is 5.92 Å². The molecule has 0 aromatic rings. The third-order valence-corrected chi connectivity index (χ3v) is 5.14. The van der Waals surface area contributed by atoms with Crippen LogP contribution in [0.5, 0.6) is 0 Å². The van der Waals surface area contributed by atoms with Crippen molar-refractivity contribution in [2.75, 3.05) is 4.43 Å². The first kappa shape index (κ1) is 18.8. The van der Waals surface area contributed by atoms with Crippen LogP contribution in [-0.2, 0) is 0 Å². The Morgan fingerprint density at radius 2 is 2.38 bits per heavy atom. The van der Waals surface area contributed by atoms with Crippen molar-refractivity contribution < 1.29 is 5.11 Å². The maximum absolute atomic E-state index is 9.47. The monoisotopic (exact) mass is 405 g/mol. The summed E-state index contributed by atoms with van der Waals surface area (Å²) in [4.78, 5) is 0. The molecule has 1 rings (SSSR count). The largest absolute Gasteiger partial charge is 0.364 e. The van der Waals surface area contributed by atoms with E-state index >= 15 is 0 Å². The maximum Gasteiger partial charge on any atom is 0.173 e. The Balaban J connectivity index is 2.56. The van der Waals surface area contributed by atoms with Gasteiger partial charge in [0.2, 0.25) is 0 Å². The number of rotatable bonds is 8. The summed E-state index contributed by atoms with van der Waals surface area (Å²) in [6, 6.07) is 0.0211. The third-order valence-electron chi connectivity index (χ3n) is 3.75. The SMILES string of the molecule is C=C(C/C=C/[C@@H](C)CI)CC1=CCCCC1N(N)C(N)O. The van der Waals surface area contributed by atoms with E-state index in [9.17, 15) is 5.11 Å². The molecule has 0 aromatic carbocycles. The highest BCUT2D eigenvalue weighted by Gasteiger charge is 2.25. The second kappa shape index (κ2) is 9.74. The van der Waals surface area contributed by atoms with Gasteiger partial charge in [-0.05, 0) is 38.0 Å². The predicted molar refractivity (Wildman–Crippen MR) is 97.5 cm³/mol. The van der Waals surface area contributed by atoms with Crippen molar-refractivity contribution >= 4 is 22.6 Å². The molecule has 120 valence electrons. The lowest BCUT2D eigenvalue weighted by Gasteiger charge is -2.34. The van der Waals surface area contributed by atoms with Gasteiger partial charge < -0.3 is 5.11 Å². The van der Waals surface area contributed by atoms with E-state index in [0.717, 1.165) is 36.5 Å². The number of halogens is 1. The number of nitrogens with zero attached hydrogens (tertiary/aromatic N) is 1. The van der Waals surface area contributed by atoms with Crippen molar-refractivity contribution in [3.8, 4) is 0 Å². The van der Waals surface area contributed by atoms with Gasteiger partial charge in [0.05, 0.1) is 0 Å². The molecule has 0 spiro atoms. The van der Waals surface area contributed by atoms with Crippen LogP contribution in [0, 0.1) is 5.92 Å². The van der Waals surface area contributed by atoms with Gasteiger partial charge in [0.1, 0.15) is 0 Å². The number of hydrogen-bond donors (Lipinski definition) is 3. The second-order valence-corrected chi connectivity index (χ2v) is 6.66. The highest BCUT2D eigenvalue weighted by atomic mass is 127. The summed E-state index contributed by atoms with van der Waals surface area (Å²) >= 11 is 2.39. The molecule has 0 aliphatic heterocycles. The number of allylic oxidation sites excluding steroid dienone is 4. The zero-order valence-corrected chi connectivity index (χ0v) is 15.0. The van der Waals surface area contributed by atoms with Crippen molar-refractivity contribution in [1.29, 1.82) is 0 Å². The van der Waals surface area contributed by atoms with Crippen molar-refractivity contribution in [2.45, 2.75) is 51.4 Å². The summed E-state index contributed by atoms with van der Waals surface area (Å²) in [5.74, 6) is 6.49. The second-order valence-electron chi connectivity index (χ2n) is 5.78. The van der Waals surface area contributed by atoms with Crippen molar-refractivity contribution in [1.82, 2.24) is 5.01 Å². The quantitative estimate of drug-likeness (QED) is 0.145. The number of nitrogens with two attached hydrogens (primary N) is 2. The predicted octanol–water partition coefficient (Wildman–Crippen LogP) is 2.84. The number of hydrogen-bond acceptors (Lipinski definition) is 4. The van der Waals surface area contributed by atoms with Gasteiger partial charge >= 0.3 is 0 Å². The van der Waals surface area contributed by atoms with Crippen LogP contribution in [0.2, 0.25) is 0 Å². The van der Waals surface area contributed by atoms with E-state index in [4.69, 9.17) is 11.6 Å². The molecule has 1 aliphatic rings. The van der Waals surface area contributed by atoms with E-state index in [-0.39, 0.29) is 6.04 Å². The van der Waals surface area contributed by atoms with E-state index in [1.54, 1.807) is 0 Å². The Morgan fingerprint density at radius 1 is 1.67 bits per heavy atom. The van der Waals surface area contributed by atoms with E-state index in [1.165, 1.54) is 16.2 Å². The Hall–Kier alpha value is -0.210. The molecule has 3 atom stereocenters. The van der Waals surface area contributed by atoms with Crippen molar-refractivity contribution in [3.05, 3.63) is 36.0 Å². The van der Waals surface area contributed by atoms with Crippen LogP contribution in [0.1, 0.15) is 39.0 Å². The Labute approximate surface area is 142 Å². The number of aliphatic hydroxyl groups is 1. The molecule has 0 bridgehead atoms. The minimum Gasteiger partial charge on any atom is -0.364 e. The molecule has 1 aliphatic carbocycles. The molecule has 4 nitrogen and oxygen atoms in total. The summed E-state index contributed by atoms with van der Waals surface area (Å²) in [5, 5.41) is 10.8. The van der Waals surface area contributed by atoms with Crippen molar-refractivity contribution in [3.63, 3.8) is 0 Å². The van der Waals surface area contributed by atoms with Crippen LogP contribution in [-0.4, -0.2) is 26.9 Å². The highest BCUT2D eigenvalue weighted by molar-refractivity contribution is 14.1. The van der Waals surface area contributed by atoms with Gasteiger partial charge in [0.15, 0.2) is 6.35 Å². The van der Waals surface area contributed by atoms with Crippen LogP contribution >= 0.6 is 22.6 Å². The summed E-state index contributed by atoms with van der Waals surface area (Å²) in [6.07, 6.45) is 10.3. The Morgan fingerprint density at radius 3 is 3.00 bits per heavy atom. The molecule has 5 N–H and O–H groups in total. The minimum absolute atomic E-state index is 0.0211. The van der Waals surface area contributed by atoms with Gasteiger partial charge in [-0.2, -0.15) is 5.01 Å². The smallest absolute Gasteiger partial charge is 0.173 e. The first-order chi connectivity index (χ1) is 9.95. The summed E-state index contributed by atoms with van der Waals surface area (Å²) in [7, 11) is 0. The molecular formula is C16H28IN3O. The third kappa shape index (κ3) is 6.61. The summed E-state index contributed by atoms with van der Waals surface area (Å²) < 4.78 is 1.13. The average Bonchev–Trinajstić information content (AvgIpc) is 2.46. The molecule has 0 amide bonds. The average molecular weight is 405 g/mol. The van der Waals surface area contributed by atoms with Gasteiger partial charge in [-0.25, -0.2) is 0 Å². The number of hydrazine groups is 1. The van der Waals surface area contributed by atoms with Crippen LogP contribution in [0.3, 0.4) is 0 Å². The van der Waals surface area contributed by atoms with Crippen LogP contribution < -0.4 is 11.6 Å². The molecule has 0 fully saturated rings. The van der Waals surface area contributed by atoms with Crippen LogP contribution in [0.15, 0.2) is 36.0 Å². The molecule has 0 aromatic heterocycles. The number of aliphatic hydroxyl groups excluding tert-OH is 1. The highest BCUT2D eigenvalue weighted by Crippen LogP contribution is 2.27. The molecule has 2 unspecified atom stereocenters. The molecule has 5 heteroatoms. The Bertz CT molecular complexity index is 393. The van der Waals surface area contributed by atoms with Crippen molar-refractivity contribution in [2.24, 2.45) is 17.5 Å². The van der Waals surface area contributed by atoms with Gasteiger partial charge in [0, 0.05) is 10.5 Å². The van der Waals surface area contributed by atoms with Crippen LogP contribution in [0.25, 0.3) is 0 Å². The van der Waals surface area contributed by atoms with Gasteiger partial charge in [-0.3, -0.25) is 11.6 Å². The molecular weight excluding hydrogens is 377 g/mol. The van der Waals surface area contributed by atoms with Gasteiger partial charge in [-0.1, -0.05) is 65.5 Å². The summed E-state index contributed by atoms with van der Waals surface area (Å²) in [6.45, 7) is 6.37. The fraction of sp³-hybridized carbons (Fsp3) is 0.625. The molecule has 0 radical (unpaired) electrons. The Kier molecular flexibility index (Phi) is 8.73. The fourth-order valence-corrected chi connectivity index (χ4v) is 2.81. The zero-order valence-electron chi connectivity index (χ0n) is 12.8. The minimum atomic E-state index is -1.12. The van der Waals surface area contributed by atoms with Crippen LogP contribution in [0.4, 0.5) is 0 Å². The lowest BCUT2D eigenvalue weighted by atomic mass is 9.88. The fourth-order valence-electron chi connectivity index (χ4n) is 2.51. The maximum atomic E-state index is 9.47. The molecule has 0 saturated carbocycles. The lowest BCUT2D eigenvalue weighted by Crippen LogP contribution is -2.53. The topological polar surface area (TPSA) is 75.5 Å². The van der Waals surface area contributed by atoms with Gasteiger partial charge in [-0.15, -0.1) is 0 Å². The number of alkyl halides is 1. The standard InChI is InChI=1S/C16H28IN3O/c1-12(6-5-7-13(2)11-17)10-14-8-3-4-9-15(14)20(19)16(18)21/h5,7-8,13,15-16,21H,1,3-4,6,9-11,18-19H2,2H3/b7-5+/t13-,15?,16?/m1/s1. The van der Waals surface area contributed by atoms with E-state index in [1.807, 2.05) is 0 Å². The first-order valence-electron chi connectivity index (χ1n) is 7.50.